The van der Waals surface area contributed by atoms with Crippen LogP contribution in [0.15, 0.2) is 109 Å². The van der Waals surface area contributed by atoms with Gasteiger partial charge in [-0.15, -0.1) is 0 Å². The topological polar surface area (TPSA) is 228 Å². The molecule has 0 aromatic heterocycles. The summed E-state index contributed by atoms with van der Waals surface area (Å²) in [4.78, 5) is 13.4. The zero-order valence-electron chi connectivity index (χ0n) is 60.6. The first kappa shape index (κ1) is 88.7. The normalized spacial score (nSPS) is 22.9. The molecule has 0 radical (unpaired) electrons. The minimum atomic E-state index is -1.80. The van der Waals surface area contributed by atoms with Crippen LogP contribution in [0.5, 0.6) is 0 Å². The number of allylic oxidation sites excluding steroid dienone is 17. The van der Waals surface area contributed by atoms with Gasteiger partial charge in [-0.2, -0.15) is 0 Å². The van der Waals surface area contributed by atoms with Crippen LogP contribution in [0.2, 0.25) is 0 Å². The van der Waals surface area contributed by atoms with Crippen molar-refractivity contribution in [1.29, 1.82) is 0 Å². The van der Waals surface area contributed by atoms with Crippen molar-refractivity contribution in [2.75, 3.05) is 19.8 Å². The van der Waals surface area contributed by atoms with Gasteiger partial charge < -0.3 is 65.1 Å². The van der Waals surface area contributed by atoms with Gasteiger partial charge in [0.05, 0.1) is 32.0 Å². The van der Waals surface area contributed by atoms with Crippen LogP contribution >= 0.6 is 0 Å². The average molecular weight is 1350 g/mol. The lowest BCUT2D eigenvalue weighted by Crippen LogP contribution is -2.65. The maximum Gasteiger partial charge on any atom is 0.220 e. The Morgan fingerprint density at radius 2 is 0.729 bits per heavy atom. The molecule has 2 aliphatic rings. The second kappa shape index (κ2) is 65.0. The van der Waals surface area contributed by atoms with Crippen molar-refractivity contribution in [3.05, 3.63) is 109 Å². The van der Waals surface area contributed by atoms with Crippen LogP contribution in [0, 0.1) is 0 Å². The van der Waals surface area contributed by atoms with E-state index in [2.05, 4.69) is 116 Å². The van der Waals surface area contributed by atoms with Crippen LogP contribution in [0.1, 0.15) is 309 Å². The molecule has 554 valence electrons. The fourth-order valence-corrected chi connectivity index (χ4v) is 12.3. The highest BCUT2D eigenvalue weighted by atomic mass is 16.7. The molecular weight excluding hydrogens is 1210 g/mol. The van der Waals surface area contributed by atoms with E-state index in [0.29, 0.717) is 12.8 Å². The monoisotopic (exact) mass is 1350 g/mol. The van der Waals surface area contributed by atoms with E-state index >= 15 is 0 Å². The van der Waals surface area contributed by atoms with Gasteiger partial charge in [0.1, 0.15) is 48.8 Å². The molecular formula is C82H143NO13. The first-order chi connectivity index (χ1) is 47.1. The largest absolute Gasteiger partial charge is 0.394 e. The fourth-order valence-electron chi connectivity index (χ4n) is 12.3. The molecule has 96 heavy (non-hydrogen) atoms. The van der Waals surface area contributed by atoms with Gasteiger partial charge in [-0.05, 0) is 96.3 Å². The second-order valence-electron chi connectivity index (χ2n) is 27.1. The van der Waals surface area contributed by atoms with Crippen LogP contribution in [-0.4, -0.2) is 140 Å². The van der Waals surface area contributed by atoms with Gasteiger partial charge in [-0.25, -0.2) is 0 Å². The summed E-state index contributed by atoms with van der Waals surface area (Å²) in [5, 5.41) is 87.6. The molecule has 2 aliphatic heterocycles. The smallest absolute Gasteiger partial charge is 0.220 e. The zero-order chi connectivity index (χ0) is 69.4. The first-order valence-electron chi connectivity index (χ1n) is 39.1. The van der Waals surface area contributed by atoms with Crippen LogP contribution < -0.4 is 5.32 Å². The number of unbranched alkanes of at least 4 members (excludes halogenated alkanes) is 35. The van der Waals surface area contributed by atoms with Crippen molar-refractivity contribution in [2.24, 2.45) is 0 Å². The molecule has 0 spiro atoms. The maximum atomic E-state index is 13.4. The maximum absolute atomic E-state index is 13.4. The predicted octanol–water partition coefficient (Wildman–Crippen LogP) is 17.5. The van der Waals surface area contributed by atoms with E-state index in [4.69, 9.17) is 18.9 Å². The Labute approximate surface area is 585 Å². The van der Waals surface area contributed by atoms with Crippen LogP contribution in [-0.2, 0) is 23.7 Å². The summed E-state index contributed by atoms with van der Waals surface area (Å²) in [6.07, 6.45) is 77.4. The van der Waals surface area contributed by atoms with E-state index in [1.165, 1.54) is 193 Å². The number of hydrogen-bond donors (Lipinski definition) is 9. The number of amides is 1. The van der Waals surface area contributed by atoms with Crippen LogP contribution in [0.4, 0.5) is 0 Å². The molecule has 0 aromatic rings. The van der Waals surface area contributed by atoms with Crippen LogP contribution in [0.25, 0.3) is 0 Å². The summed E-state index contributed by atoms with van der Waals surface area (Å²) >= 11 is 0. The third-order valence-electron chi connectivity index (χ3n) is 18.4. The summed E-state index contributed by atoms with van der Waals surface area (Å²) in [5.41, 5.74) is 0. The molecule has 12 atom stereocenters. The van der Waals surface area contributed by atoms with Gasteiger partial charge in [0.15, 0.2) is 12.6 Å². The molecule has 2 rings (SSSR count). The third kappa shape index (κ3) is 47.7. The van der Waals surface area contributed by atoms with Gasteiger partial charge in [0, 0.05) is 6.42 Å². The minimum absolute atomic E-state index is 0.251. The van der Waals surface area contributed by atoms with Gasteiger partial charge in [-0.3, -0.25) is 4.79 Å². The number of hydrogen-bond acceptors (Lipinski definition) is 13. The van der Waals surface area contributed by atoms with E-state index in [1.54, 1.807) is 6.08 Å². The Balaban J connectivity index is 1.61. The number of carbonyl (C=O) groups is 1. The number of rotatable bonds is 64. The van der Waals surface area contributed by atoms with Crippen LogP contribution in [0.3, 0.4) is 0 Å². The summed E-state index contributed by atoms with van der Waals surface area (Å²) in [7, 11) is 0. The van der Waals surface area contributed by atoms with Crippen molar-refractivity contribution >= 4 is 5.91 Å². The second-order valence-corrected chi connectivity index (χ2v) is 27.1. The number of ether oxygens (including phenoxy) is 4. The number of carbonyl (C=O) groups excluding carboxylic acids is 1. The quantitative estimate of drug-likeness (QED) is 0.0204. The predicted molar refractivity (Wildman–Crippen MR) is 396 cm³/mol. The van der Waals surface area contributed by atoms with E-state index in [0.717, 1.165) is 83.5 Å². The van der Waals surface area contributed by atoms with Crippen molar-refractivity contribution in [3.63, 3.8) is 0 Å². The highest BCUT2D eigenvalue weighted by Crippen LogP contribution is 2.30. The molecule has 0 saturated carbocycles. The van der Waals surface area contributed by atoms with Crippen molar-refractivity contribution < 1.29 is 64.6 Å². The van der Waals surface area contributed by atoms with Crippen molar-refractivity contribution in [1.82, 2.24) is 5.32 Å². The van der Waals surface area contributed by atoms with E-state index in [1.807, 2.05) is 6.08 Å². The molecule has 9 N–H and O–H groups in total. The Hall–Kier alpha value is -3.35. The lowest BCUT2D eigenvalue weighted by Gasteiger charge is -2.46. The number of nitrogens with one attached hydrogen (secondary N) is 1. The molecule has 1 amide bonds. The minimum Gasteiger partial charge on any atom is -0.394 e. The molecule has 0 aromatic carbocycles. The Kier molecular flexibility index (Phi) is 60.1. The molecule has 2 heterocycles. The fraction of sp³-hybridized carbons (Fsp3) is 0.768. The highest BCUT2D eigenvalue weighted by Gasteiger charge is 2.51. The van der Waals surface area contributed by atoms with Crippen molar-refractivity contribution in [2.45, 2.75) is 383 Å². The molecule has 14 nitrogen and oxygen atoms in total. The molecule has 14 heteroatoms. The van der Waals surface area contributed by atoms with E-state index in [9.17, 15) is 45.6 Å². The van der Waals surface area contributed by atoms with Gasteiger partial charge in [0.2, 0.25) is 5.91 Å². The molecule has 2 fully saturated rings. The molecule has 0 bridgehead atoms. The lowest BCUT2D eigenvalue weighted by atomic mass is 9.97. The van der Waals surface area contributed by atoms with Gasteiger partial charge in [0.25, 0.3) is 0 Å². The summed E-state index contributed by atoms with van der Waals surface area (Å²) in [6.45, 7) is 2.69. The molecule has 12 unspecified atom stereocenters. The molecule has 2 saturated heterocycles. The summed E-state index contributed by atoms with van der Waals surface area (Å²) in [5.74, 6) is -0.251. The average Bonchev–Trinajstić information content (AvgIpc) is 0.806. The summed E-state index contributed by atoms with van der Waals surface area (Å²) < 4.78 is 22.9. The van der Waals surface area contributed by atoms with Gasteiger partial charge >= 0.3 is 0 Å². The van der Waals surface area contributed by atoms with E-state index in [-0.39, 0.29) is 18.9 Å². The number of aliphatic hydroxyl groups excluding tert-OH is 8. The van der Waals surface area contributed by atoms with E-state index < -0.39 is 86.8 Å². The Bertz CT molecular complexity index is 2030. The standard InChI is InChI=1S/C82H143NO13/c1-3-5-7-9-11-13-15-17-19-21-23-25-27-28-29-30-31-32-33-34-35-36-37-38-39-40-41-42-44-46-48-50-52-54-56-58-60-62-64-66-74(87)83-70(69-93-81-79(92)77(90)80(73(68-85)95-81)96-82-78(91)76(89)75(88)72(67-84)94-82)71(86)65-63-61-59-57-55-53-51-49-47-45-43-26-24-22-20-18-16-14-12-10-8-6-4-2/h5,7,11,13,17,19,23,25,28-29,31-32,47,49,55,57,63,65,70-73,75-82,84-86,88-92H,3-4,6,8-10,12,14-16,18,20-22,24,26-27,30,33-46,48,50-54,56,58-62,64,66-69H2,1-2H3,(H,83,87)/b7-5-,13-11-,19-17-,25-23-,29-28-,32-31-,49-47+,57-55+,65-63+. The number of aliphatic hydroxyl groups is 8. The lowest BCUT2D eigenvalue weighted by molar-refractivity contribution is -0.359. The Morgan fingerprint density at radius 1 is 0.385 bits per heavy atom. The Morgan fingerprint density at radius 3 is 1.15 bits per heavy atom. The molecule has 0 aliphatic carbocycles. The zero-order valence-corrected chi connectivity index (χ0v) is 60.6. The highest BCUT2D eigenvalue weighted by molar-refractivity contribution is 5.76. The first-order valence-corrected chi connectivity index (χ1v) is 39.1. The SMILES string of the molecule is CC/C=C\C/C=C\C/C=C\C/C=C\C/C=C\C/C=C\CCCCCCCCCCCCCCCCCCCCCCC(=O)NC(COC1OC(CO)C(OC2OC(CO)C(O)C(O)C2O)C(O)C1O)C(O)/C=C/CC/C=C/CC/C=C/CCCCCCCCCCCCCCC. The third-order valence-corrected chi connectivity index (χ3v) is 18.4. The summed E-state index contributed by atoms with van der Waals surface area (Å²) in [6, 6.07) is -0.943. The van der Waals surface area contributed by atoms with Gasteiger partial charge in [-0.1, -0.05) is 316 Å². The van der Waals surface area contributed by atoms with Crippen molar-refractivity contribution in [3.8, 4) is 0 Å².